The van der Waals surface area contributed by atoms with Crippen molar-refractivity contribution in [2.45, 2.75) is 18.3 Å². The van der Waals surface area contributed by atoms with Crippen molar-refractivity contribution in [2.75, 3.05) is 13.2 Å². The molecule has 0 saturated heterocycles. The summed E-state index contributed by atoms with van der Waals surface area (Å²) in [6.45, 7) is -3.05. The van der Waals surface area contributed by atoms with Crippen molar-refractivity contribution in [3.05, 3.63) is 20.8 Å². The van der Waals surface area contributed by atoms with Crippen LogP contribution in [0.2, 0.25) is 0 Å². The van der Waals surface area contributed by atoms with Crippen LogP contribution in [0.3, 0.4) is 0 Å². The standard InChI is InChI=1S/C6H10F2N4O11/c7-5(9(14)15,10(16)17)1-2-22-4(13)23-3-6(8,11(18)19)12(20)21/h14,16,18,20H,1-3H2/q-4. The van der Waals surface area contributed by atoms with Gasteiger partial charge in [-0.2, -0.15) is 0 Å². The van der Waals surface area contributed by atoms with Gasteiger partial charge in [0.1, 0.15) is 6.61 Å². The van der Waals surface area contributed by atoms with E-state index in [1.54, 1.807) is 0 Å². The molecule has 0 spiro atoms. The van der Waals surface area contributed by atoms with E-state index in [9.17, 15) is 34.4 Å². The molecule has 0 aliphatic carbocycles. The second-order valence-corrected chi connectivity index (χ2v) is 3.67. The van der Waals surface area contributed by atoms with E-state index in [2.05, 4.69) is 9.47 Å². The average Bonchev–Trinajstić information content (AvgIpc) is 2.43. The average molecular weight is 352 g/mol. The predicted octanol–water partition coefficient (Wildman–Crippen LogP) is -0.468. The van der Waals surface area contributed by atoms with Crippen LogP contribution in [0.4, 0.5) is 13.6 Å². The van der Waals surface area contributed by atoms with Crippen molar-refractivity contribution in [3.63, 3.8) is 0 Å². The Balaban J connectivity index is 4.43. The number of hydrogen-bond acceptors (Lipinski definition) is 15. The van der Waals surface area contributed by atoms with Crippen molar-refractivity contribution in [1.82, 2.24) is 20.9 Å². The maximum atomic E-state index is 13.3. The first kappa shape index (κ1) is 21.6. The molecule has 0 unspecified atom stereocenters. The van der Waals surface area contributed by atoms with Gasteiger partial charge in [-0.05, 0) is 0 Å². The summed E-state index contributed by atoms with van der Waals surface area (Å²) >= 11 is 0. The van der Waals surface area contributed by atoms with Crippen LogP contribution in [-0.2, 0) is 9.47 Å². The molecule has 0 rings (SSSR count). The molecule has 0 aliphatic rings. The van der Waals surface area contributed by atoms with Gasteiger partial charge in [0.15, 0.2) is 6.61 Å². The lowest BCUT2D eigenvalue weighted by Gasteiger charge is -2.44. The van der Waals surface area contributed by atoms with Crippen molar-refractivity contribution in [2.24, 2.45) is 0 Å². The minimum absolute atomic E-state index is 1.19. The number of alkyl halides is 2. The Kier molecular flexibility index (Phi) is 7.99. The first-order valence-electron chi connectivity index (χ1n) is 5.20. The van der Waals surface area contributed by atoms with Gasteiger partial charge in [-0.1, -0.05) is 0 Å². The van der Waals surface area contributed by atoms with Crippen molar-refractivity contribution < 1.29 is 43.9 Å². The fraction of sp³-hybridized carbons (Fsp3) is 0.833. The van der Waals surface area contributed by atoms with E-state index in [0.717, 1.165) is 0 Å². The summed E-state index contributed by atoms with van der Waals surface area (Å²) in [4.78, 5) is 10.9. The second-order valence-electron chi connectivity index (χ2n) is 3.67. The van der Waals surface area contributed by atoms with Gasteiger partial charge in [0.05, 0.1) is 0 Å². The molecule has 0 aliphatic heterocycles. The van der Waals surface area contributed by atoms with Gasteiger partial charge < -0.3 is 51.1 Å². The molecule has 0 aromatic heterocycles. The first-order chi connectivity index (χ1) is 10.4. The number of hydrogen-bond donors (Lipinski definition) is 4. The second kappa shape index (κ2) is 8.49. The van der Waals surface area contributed by atoms with Crippen molar-refractivity contribution in [3.8, 4) is 0 Å². The van der Waals surface area contributed by atoms with Crippen molar-refractivity contribution in [1.29, 1.82) is 0 Å². The van der Waals surface area contributed by atoms with E-state index in [1.165, 1.54) is 0 Å². The lowest BCUT2D eigenvalue weighted by molar-refractivity contribution is -0.335. The molecule has 0 bridgehead atoms. The van der Waals surface area contributed by atoms with Gasteiger partial charge in [0.25, 0.3) is 5.92 Å². The van der Waals surface area contributed by atoms with Gasteiger partial charge in [-0.15, -0.1) is 0 Å². The molecule has 0 aromatic carbocycles. The zero-order chi connectivity index (χ0) is 18.4. The third kappa shape index (κ3) is 5.65. The molecule has 0 saturated carbocycles. The van der Waals surface area contributed by atoms with Gasteiger partial charge in [-0.25, -0.2) is 34.5 Å². The highest BCUT2D eigenvalue weighted by Crippen LogP contribution is 2.22. The summed E-state index contributed by atoms with van der Waals surface area (Å²) in [6.07, 6.45) is -3.31. The molecular weight excluding hydrogens is 342 g/mol. The highest BCUT2D eigenvalue weighted by molar-refractivity contribution is 5.59. The Hall–Kier alpha value is -1.35. The van der Waals surface area contributed by atoms with Gasteiger partial charge in [0, 0.05) is 6.42 Å². The zero-order valence-electron chi connectivity index (χ0n) is 10.8. The summed E-state index contributed by atoms with van der Waals surface area (Å²) in [7, 11) is 0. The number of rotatable bonds is 9. The highest BCUT2D eigenvalue weighted by atomic mass is 19.2. The minimum Gasteiger partial charge on any atom is -0.759 e. The van der Waals surface area contributed by atoms with Crippen LogP contribution in [-0.4, -0.2) is 72.9 Å². The summed E-state index contributed by atoms with van der Waals surface area (Å²) in [5.74, 6) is -8.06. The van der Waals surface area contributed by atoms with Crippen LogP contribution >= 0.6 is 0 Å². The third-order valence-corrected chi connectivity index (χ3v) is 2.19. The van der Waals surface area contributed by atoms with Crippen LogP contribution in [0, 0.1) is 20.8 Å². The van der Waals surface area contributed by atoms with Crippen molar-refractivity contribution >= 4 is 6.16 Å². The molecule has 0 radical (unpaired) electrons. The number of carbonyl (C=O) groups excluding carboxylic acids is 1. The van der Waals surface area contributed by atoms with Crippen LogP contribution in [0.5, 0.6) is 0 Å². The lowest BCUT2D eigenvalue weighted by Crippen LogP contribution is -2.54. The largest absolute Gasteiger partial charge is 0.759 e. The minimum atomic E-state index is -4.13. The Morgan fingerprint density at radius 1 is 0.870 bits per heavy atom. The van der Waals surface area contributed by atoms with E-state index in [1.807, 2.05) is 0 Å². The van der Waals surface area contributed by atoms with E-state index in [0.29, 0.717) is 0 Å². The Bertz CT molecular complexity index is 368. The fourth-order valence-electron chi connectivity index (χ4n) is 0.905. The smallest absolute Gasteiger partial charge is 0.508 e. The molecule has 0 fully saturated rings. The molecule has 23 heavy (non-hydrogen) atoms. The molecular formula is C6H10F2N4O11-4. The Labute approximate surface area is 124 Å². The van der Waals surface area contributed by atoms with Gasteiger partial charge in [-0.3, -0.25) is 0 Å². The summed E-state index contributed by atoms with van der Waals surface area (Å²) in [5.41, 5.74) is 0. The monoisotopic (exact) mass is 352 g/mol. The number of carbonyl (C=O) groups is 1. The zero-order valence-corrected chi connectivity index (χ0v) is 10.8. The summed E-state index contributed by atoms with van der Waals surface area (Å²) < 4.78 is 34.4. The molecule has 0 atom stereocenters. The van der Waals surface area contributed by atoms with E-state index in [4.69, 9.17) is 20.8 Å². The van der Waals surface area contributed by atoms with E-state index < -0.39 is 58.5 Å². The molecule has 0 heterocycles. The van der Waals surface area contributed by atoms with Crippen LogP contribution < -0.4 is 0 Å². The van der Waals surface area contributed by atoms with Gasteiger partial charge in [0.2, 0.25) is 5.92 Å². The number of halogens is 2. The molecule has 0 aromatic rings. The lowest BCUT2D eigenvalue weighted by atomic mass is 10.3. The Morgan fingerprint density at radius 3 is 1.61 bits per heavy atom. The molecule has 0 amide bonds. The maximum absolute atomic E-state index is 13.3. The molecule has 15 nitrogen and oxygen atoms in total. The quantitative estimate of drug-likeness (QED) is 0.178. The van der Waals surface area contributed by atoms with Crippen LogP contribution in [0.15, 0.2) is 0 Å². The Morgan fingerprint density at radius 2 is 1.26 bits per heavy atom. The SMILES string of the molecule is O=C(OCCC(F)(N([O-])O)N([O-])O)OCC(F)(N([O-])O)N([O-])O. The molecule has 138 valence electrons. The number of hydroxylamine groups is 8. The third-order valence-electron chi connectivity index (χ3n) is 2.19. The summed E-state index contributed by atoms with van der Waals surface area (Å²) in [6, 6.07) is 0. The van der Waals surface area contributed by atoms with Crippen LogP contribution in [0.1, 0.15) is 6.42 Å². The number of ether oxygens (including phenoxy) is 2. The van der Waals surface area contributed by atoms with Crippen LogP contribution in [0.25, 0.3) is 0 Å². The first-order valence-corrected chi connectivity index (χ1v) is 5.20. The van der Waals surface area contributed by atoms with E-state index >= 15 is 0 Å². The van der Waals surface area contributed by atoms with E-state index in [-0.39, 0.29) is 0 Å². The highest BCUT2D eigenvalue weighted by Gasteiger charge is 2.36. The predicted molar refractivity (Wildman–Crippen MR) is 57.6 cm³/mol. The van der Waals surface area contributed by atoms with Gasteiger partial charge >= 0.3 is 6.16 Å². The molecule has 4 N–H and O–H groups in total. The maximum Gasteiger partial charge on any atom is 0.508 e. The molecule has 17 heteroatoms. The summed E-state index contributed by atoms with van der Waals surface area (Å²) in [5, 5.41) is 67.8. The fourth-order valence-corrected chi connectivity index (χ4v) is 0.905. The number of nitrogens with zero attached hydrogens (tertiary/aromatic N) is 4. The normalized spacial score (nSPS) is 13.3. The topological polar surface area (TPSA) is 222 Å².